The lowest BCUT2D eigenvalue weighted by Crippen LogP contribution is -2.29. The van der Waals surface area contributed by atoms with Crippen LogP contribution in [0.15, 0.2) is 66.2 Å². The number of carbonyl (C=O) groups is 2. The summed E-state index contributed by atoms with van der Waals surface area (Å²) in [6.07, 6.45) is 0. The van der Waals surface area contributed by atoms with Crippen LogP contribution in [0.25, 0.3) is 5.76 Å². The SMILES string of the molecule is COc1cc(C2/C(=C(\O)c3ccc([N+](=O)[O-])cc3)C(=O)C(=O)N2c2ccccc2O)cc(OC)c1OC. The fourth-order valence-electron chi connectivity index (χ4n) is 4.22. The van der Waals surface area contributed by atoms with Gasteiger partial charge in [-0.15, -0.1) is 0 Å². The van der Waals surface area contributed by atoms with E-state index in [-0.39, 0.29) is 45.5 Å². The highest BCUT2D eigenvalue weighted by atomic mass is 16.6. The molecule has 1 heterocycles. The highest BCUT2D eigenvalue weighted by Crippen LogP contribution is 2.48. The van der Waals surface area contributed by atoms with Gasteiger partial charge in [-0.25, -0.2) is 0 Å². The number of phenolic OH excluding ortho intramolecular Hbond substituents is 1. The monoisotopic (exact) mass is 506 g/mol. The van der Waals surface area contributed by atoms with Gasteiger partial charge in [0.05, 0.1) is 43.6 Å². The summed E-state index contributed by atoms with van der Waals surface area (Å²) in [4.78, 5) is 38.1. The minimum absolute atomic E-state index is 0.0334. The van der Waals surface area contributed by atoms with Crippen LogP contribution >= 0.6 is 0 Å². The quantitative estimate of drug-likeness (QED) is 0.160. The molecule has 0 aromatic heterocycles. The van der Waals surface area contributed by atoms with Gasteiger partial charge >= 0.3 is 0 Å². The number of aliphatic hydroxyl groups excluding tert-OH is 1. The molecule has 0 radical (unpaired) electrons. The zero-order valence-electron chi connectivity index (χ0n) is 20.0. The number of rotatable bonds is 7. The van der Waals surface area contributed by atoms with E-state index in [1.165, 1.54) is 69.9 Å². The van der Waals surface area contributed by atoms with Crippen LogP contribution in [0.2, 0.25) is 0 Å². The van der Waals surface area contributed by atoms with Gasteiger partial charge in [-0.05, 0) is 42.0 Å². The van der Waals surface area contributed by atoms with E-state index in [1.54, 1.807) is 12.1 Å². The number of nitrogens with zero attached hydrogens (tertiary/aromatic N) is 2. The maximum absolute atomic E-state index is 13.3. The largest absolute Gasteiger partial charge is 0.507 e. The molecule has 0 bridgehead atoms. The summed E-state index contributed by atoms with van der Waals surface area (Å²) in [5, 5.41) is 32.8. The fourth-order valence-corrected chi connectivity index (χ4v) is 4.22. The van der Waals surface area contributed by atoms with E-state index < -0.39 is 28.4 Å². The molecule has 3 aromatic carbocycles. The number of non-ortho nitro benzene ring substituents is 1. The van der Waals surface area contributed by atoms with E-state index >= 15 is 0 Å². The number of ether oxygens (including phenoxy) is 3. The van der Waals surface area contributed by atoms with Crippen LogP contribution in [0.4, 0.5) is 11.4 Å². The lowest BCUT2D eigenvalue weighted by atomic mass is 9.94. The number of nitro groups is 1. The molecule has 0 spiro atoms. The van der Waals surface area contributed by atoms with Crippen LogP contribution in [0.3, 0.4) is 0 Å². The van der Waals surface area contributed by atoms with E-state index in [0.717, 1.165) is 4.90 Å². The highest BCUT2D eigenvalue weighted by molar-refractivity contribution is 6.52. The number of ketones is 1. The van der Waals surface area contributed by atoms with Crippen molar-refractivity contribution in [2.24, 2.45) is 0 Å². The first-order valence-electron chi connectivity index (χ1n) is 10.9. The average Bonchev–Trinajstić information content (AvgIpc) is 3.17. The predicted octanol–water partition coefficient (Wildman–Crippen LogP) is 3.95. The number of aliphatic hydroxyl groups is 1. The van der Waals surface area contributed by atoms with E-state index in [1.807, 2.05) is 0 Å². The third-order valence-corrected chi connectivity index (χ3v) is 5.94. The molecule has 0 saturated carbocycles. The van der Waals surface area contributed by atoms with Crippen molar-refractivity contribution in [2.45, 2.75) is 6.04 Å². The first kappa shape index (κ1) is 25.0. The van der Waals surface area contributed by atoms with Gasteiger partial charge in [0.1, 0.15) is 11.5 Å². The zero-order chi connectivity index (χ0) is 26.9. The van der Waals surface area contributed by atoms with Crippen LogP contribution in [0.1, 0.15) is 17.2 Å². The Labute approximate surface area is 210 Å². The van der Waals surface area contributed by atoms with Crippen molar-refractivity contribution in [2.75, 3.05) is 26.2 Å². The molecule has 1 atom stereocenters. The van der Waals surface area contributed by atoms with Crippen LogP contribution in [0, 0.1) is 10.1 Å². The second-order valence-corrected chi connectivity index (χ2v) is 7.92. The van der Waals surface area contributed by atoms with Crippen LogP contribution in [0.5, 0.6) is 23.0 Å². The lowest BCUT2D eigenvalue weighted by Gasteiger charge is -2.27. The molecule has 190 valence electrons. The average molecular weight is 506 g/mol. The number of aromatic hydroxyl groups is 1. The summed E-state index contributed by atoms with van der Waals surface area (Å²) >= 11 is 0. The Morgan fingerprint density at radius 2 is 1.54 bits per heavy atom. The first-order valence-corrected chi connectivity index (χ1v) is 10.9. The zero-order valence-corrected chi connectivity index (χ0v) is 20.0. The Morgan fingerprint density at radius 1 is 0.946 bits per heavy atom. The van der Waals surface area contributed by atoms with E-state index in [0.29, 0.717) is 5.56 Å². The topological polar surface area (TPSA) is 149 Å². The van der Waals surface area contributed by atoms with Crippen molar-refractivity contribution in [3.05, 3.63) is 87.5 Å². The summed E-state index contributed by atoms with van der Waals surface area (Å²) in [6.45, 7) is 0. The standard InChI is InChI=1S/C26H22N2O9/c1-35-19-12-15(13-20(36-2)25(19)37-3)22-21(23(30)14-8-10-16(11-9-14)28(33)34)24(31)26(32)27(22)17-6-4-5-7-18(17)29/h4-13,22,29-30H,1-3H3/b23-21+. The molecule has 37 heavy (non-hydrogen) atoms. The van der Waals surface area contributed by atoms with Crippen molar-refractivity contribution in [1.82, 2.24) is 0 Å². The number of carbonyl (C=O) groups excluding carboxylic acids is 2. The van der Waals surface area contributed by atoms with Crippen molar-refractivity contribution >= 4 is 28.8 Å². The molecule has 4 rings (SSSR count). The molecule has 11 heteroatoms. The first-order chi connectivity index (χ1) is 17.7. The van der Waals surface area contributed by atoms with Crippen LogP contribution in [-0.2, 0) is 9.59 Å². The summed E-state index contributed by atoms with van der Waals surface area (Å²) < 4.78 is 16.2. The highest BCUT2D eigenvalue weighted by Gasteiger charge is 2.48. The molecule has 3 aromatic rings. The molecule has 1 unspecified atom stereocenters. The Bertz CT molecular complexity index is 1410. The molecule has 0 aliphatic carbocycles. The molecular weight excluding hydrogens is 484 g/mol. The third-order valence-electron chi connectivity index (χ3n) is 5.94. The number of hydrogen-bond acceptors (Lipinski definition) is 9. The number of hydrogen-bond donors (Lipinski definition) is 2. The Kier molecular flexibility index (Phi) is 6.70. The predicted molar refractivity (Wildman–Crippen MR) is 132 cm³/mol. The van der Waals surface area contributed by atoms with Gasteiger partial charge in [-0.1, -0.05) is 12.1 Å². The van der Waals surface area contributed by atoms with Crippen LogP contribution in [-0.4, -0.2) is 48.2 Å². The molecule has 2 N–H and O–H groups in total. The molecule has 1 aliphatic heterocycles. The number of nitro benzene ring substituents is 1. The van der Waals surface area contributed by atoms with Gasteiger partial charge < -0.3 is 24.4 Å². The van der Waals surface area contributed by atoms with E-state index in [2.05, 4.69) is 0 Å². The number of para-hydroxylation sites is 2. The molecule has 1 aliphatic rings. The number of methoxy groups -OCH3 is 3. The number of Topliss-reactive ketones (excluding diaryl/α,β-unsaturated/α-hetero) is 1. The van der Waals surface area contributed by atoms with Gasteiger partial charge in [0, 0.05) is 17.7 Å². The van der Waals surface area contributed by atoms with Crippen molar-refractivity contribution < 1.29 is 38.9 Å². The summed E-state index contributed by atoms with van der Waals surface area (Å²) in [5.41, 5.74) is -0.0893. The second-order valence-electron chi connectivity index (χ2n) is 7.92. The number of benzene rings is 3. The summed E-state index contributed by atoms with van der Waals surface area (Å²) in [5.74, 6) is -2.10. The number of anilines is 1. The molecule has 11 nitrogen and oxygen atoms in total. The van der Waals surface area contributed by atoms with Gasteiger partial charge in [0.25, 0.3) is 17.4 Å². The number of phenols is 1. The molecule has 1 amide bonds. The van der Waals surface area contributed by atoms with E-state index in [9.17, 15) is 29.9 Å². The smallest absolute Gasteiger partial charge is 0.300 e. The van der Waals surface area contributed by atoms with Gasteiger partial charge in [-0.2, -0.15) is 0 Å². The maximum atomic E-state index is 13.3. The van der Waals surface area contributed by atoms with E-state index in [4.69, 9.17) is 14.2 Å². The summed E-state index contributed by atoms with van der Waals surface area (Å²) in [7, 11) is 4.22. The fraction of sp³-hybridized carbons (Fsp3) is 0.154. The molecule has 1 saturated heterocycles. The second kappa shape index (κ2) is 9.90. The Morgan fingerprint density at radius 3 is 2.05 bits per heavy atom. The number of amides is 1. The Balaban J connectivity index is 2.01. The van der Waals surface area contributed by atoms with Crippen molar-refractivity contribution in [1.29, 1.82) is 0 Å². The molecular formula is C26H22N2O9. The minimum Gasteiger partial charge on any atom is -0.507 e. The third kappa shape index (κ3) is 4.27. The Hall–Kier alpha value is -5.06. The van der Waals surface area contributed by atoms with Gasteiger partial charge in [0.15, 0.2) is 11.5 Å². The molecule has 1 fully saturated rings. The minimum atomic E-state index is -1.22. The van der Waals surface area contributed by atoms with Crippen molar-refractivity contribution in [3.8, 4) is 23.0 Å². The van der Waals surface area contributed by atoms with Gasteiger partial charge in [0.2, 0.25) is 5.75 Å². The maximum Gasteiger partial charge on any atom is 0.300 e. The summed E-state index contributed by atoms with van der Waals surface area (Å²) in [6, 6.07) is 12.6. The van der Waals surface area contributed by atoms with Gasteiger partial charge in [-0.3, -0.25) is 24.6 Å². The van der Waals surface area contributed by atoms with Crippen molar-refractivity contribution in [3.63, 3.8) is 0 Å². The lowest BCUT2D eigenvalue weighted by molar-refractivity contribution is -0.384. The normalized spacial score (nSPS) is 16.5. The van der Waals surface area contributed by atoms with Crippen LogP contribution < -0.4 is 19.1 Å².